The summed E-state index contributed by atoms with van der Waals surface area (Å²) in [4.78, 5) is 0. The third-order valence-electron chi connectivity index (χ3n) is 1.18. The van der Waals surface area contributed by atoms with Crippen LogP contribution in [-0.2, 0) is 0 Å². The van der Waals surface area contributed by atoms with Crippen LogP contribution in [0.1, 0.15) is 0 Å². The first-order chi connectivity index (χ1) is 5.47. The van der Waals surface area contributed by atoms with Gasteiger partial charge in [-0.3, -0.25) is 5.43 Å². The largest absolute Gasteiger partial charge is 0.284 e. The maximum atomic E-state index is 3.96. The summed E-state index contributed by atoms with van der Waals surface area (Å²) in [5.74, 6) is 0.630. The molecule has 1 aliphatic rings. The minimum absolute atomic E-state index is 0.630. The van der Waals surface area contributed by atoms with Gasteiger partial charge in [-0.2, -0.15) is 20.5 Å². The van der Waals surface area contributed by atoms with E-state index in [2.05, 4.69) is 25.9 Å². The molecule has 0 saturated carbocycles. The van der Waals surface area contributed by atoms with Crippen molar-refractivity contribution >= 4 is 12.0 Å². The van der Waals surface area contributed by atoms with E-state index in [4.69, 9.17) is 0 Å². The second kappa shape index (κ2) is 2.41. The predicted octanol–water partition coefficient (Wildman–Crippen LogP) is -0.371. The Hall–Kier alpha value is -1.85. The molecule has 0 aliphatic carbocycles. The van der Waals surface area contributed by atoms with Crippen molar-refractivity contribution in [2.75, 3.05) is 5.12 Å². The van der Waals surface area contributed by atoms with E-state index in [1.54, 1.807) is 24.7 Å². The first kappa shape index (κ1) is 5.90. The maximum Gasteiger partial charge on any atom is 0.213 e. The Balaban J connectivity index is 2.19. The van der Waals surface area contributed by atoms with Crippen LogP contribution in [0.4, 0.5) is 5.82 Å². The van der Waals surface area contributed by atoms with Crippen LogP contribution in [0.15, 0.2) is 23.6 Å². The molecule has 1 aromatic heterocycles. The lowest BCUT2D eigenvalue weighted by atomic mass is 10.6. The number of allylic oxidation sites excluding steroid dienone is 1. The van der Waals surface area contributed by atoms with Crippen molar-refractivity contribution in [1.29, 1.82) is 0 Å². The van der Waals surface area contributed by atoms with Gasteiger partial charge in [-0.25, -0.2) is 0 Å². The number of aromatic nitrogens is 3. The van der Waals surface area contributed by atoms with Crippen LogP contribution in [0.25, 0.3) is 0 Å². The van der Waals surface area contributed by atoms with Gasteiger partial charge < -0.3 is 0 Å². The van der Waals surface area contributed by atoms with Crippen LogP contribution in [0.5, 0.6) is 0 Å². The topological polar surface area (TPSA) is 69.2 Å². The molecule has 56 valence electrons. The SMILES string of the molecule is C1=CNN(c2cn[nH]n2)N=C1. The highest BCUT2D eigenvalue weighted by atomic mass is 15.7. The van der Waals surface area contributed by atoms with E-state index in [0.717, 1.165) is 0 Å². The molecule has 1 aliphatic heterocycles. The molecule has 0 radical (unpaired) electrons. The smallest absolute Gasteiger partial charge is 0.213 e. The van der Waals surface area contributed by atoms with E-state index in [0.29, 0.717) is 5.82 Å². The minimum Gasteiger partial charge on any atom is -0.284 e. The van der Waals surface area contributed by atoms with Gasteiger partial charge in [0.05, 0.1) is 12.4 Å². The van der Waals surface area contributed by atoms with Crippen molar-refractivity contribution in [3.8, 4) is 0 Å². The number of nitrogens with one attached hydrogen (secondary N) is 2. The number of aromatic amines is 1. The maximum absolute atomic E-state index is 3.96. The average Bonchev–Trinajstić information content (AvgIpc) is 2.58. The fraction of sp³-hybridized carbons (Fsp3) is 0. The molecule has 0 fully saturated rings. The Morgan fingerprint density at radius 2 is 2.45 bits per heavy atom. The van der Waals surface area contributed by atoms with Gasteiger partial charge in [-0.15, -0.1) is 5.10 Å². The first-order valence-electron chi connectivity index (χ1n) is 3.08. The van der Waals surface area contributed by atoms with E-state index in [1.165, 1.54) is 5.12 Å². The number of nitrogens with zero attached hydrogens (tertiary/aromatic N) is 4. The van der Waals surface area contributed by atoms with Crippen molar-refractivity contribution in [3.05, 3.63) is 18.5 Å². The zero-order valence-electron chi connectivity index (χ0n) is 5.60. The monoisotopic (exact) mass is 150 g/mol. The zero-order chi connectivity index (χ0) is 7.52. The number of hydrogen-bond acceptors (Lipinski definition) is 5. The third kappa shape index (κ3) is 1.05. The molecule has 2 rings (SSSR count). The molecular formula is C5H6N6. The number of hydrazine groups is 1. The van der Waals surface area contributed by atoms with E-state index < -0.39 is 0 Å². The average molecular weight is 150 g/mol. The molecular weight excluding hydrogens is 144 g/mol. The Morgan fingerprint density at radius 3 is 3.09 bits per heavy atom. The Bertz CT molecular complexity index is 273. The summed E-state index contributed by atoms with van der Waals surface area (Å²) in [5.41, 5.74) is 2.85. The van der Waals surface area contributed by atoms with E-state index in [1.807, 2.05) is 0 Å². The van der Waals surface area contributed by atoms with Gasteiger partial charge in [0.15, 0.2) is 0 Å². The van der Waals surface area contributed by atoms with Crippen molar-refractivity contribution in [3.63, 3.8) is 0 Å². The fourth-order valence-corrected chi connectivity index (χ4v) is 0.718. The van der Waals surface area contributed by atoms with Gasteiger partial charge in [0.1, 0.15) is 0 Å². The molecule has 11 heavy (non-hydrogen) atoms. The highest BCUT2D eigenvalue weighted by molar-refractivity contribution is 5.73. The molecule has 1 aromatic rings. The van der Waals surface area contributed by atoms with Gasteiger partial charge in [0.2, 0.25) is 5.82 Å². The highest BCUT2D eigenvalue weighted by Gasteiger charge is 2.05. The summed E-state index contributed by atoms with van der Waals surface area (Å²) in [7, 11) is 0. The van der Waals surface area contributed by atoms with Crippen LogP contribution in [-0.4, -0.2) is 21.6 Å². The third-order valence-corrected chi connectivity index (χ3v) is 1.18. The fourth-order valence-electron chi connectivity index (χ4n) is 0.718. The highest BCUT2D eigenvalue weighted by Crippen LogP contribution is 2.04. The second-order valence-corrected chi connectivity index (χ2v) is 1.89. The number of hydrogen-bond donors (Lipinski definition) is 2. The first-order valence-corrected chi connectivity index (χ1v) is 3.08. The van der Waals surface area contributed by atoms with Crippen LogP contribution in [0.3, 0.4) is 0 Å². The molecule has 6 nitrogen and oxygen atoms in total. The van der Waals surface area contributed by atoms with E-state index in [9.17, 15) is 0 Å². The standard InChI is InChI=1S/C5H6N6/c1-2-7-11(8-3-1)5-4-6-10-9-5/h1-4,7H,(H,6,9,10). The Morgan fingerprint density at radius 1 is 1.45 bits per heavy atom. The predicted molar refractivity (Wildman–Crippen MR) is 39.6 cm³/mol. The molecule has 0 bridgehead atoms. The van der Waals surface area contributed by atoms with Crippen LogP contribution < -0.4 is 10.5 Å². The lowest BCUT2D eigenvalue weighted by molar-refractivity contribution is 0.754. The molecule has 0 amide bonds. The molecule has 0 atom stereocenters. The Labute approximate surface area is 62.6 Å². The van der Waals surface area contributed by atoms with Crippen molar-refractivity contribution < 1.29 is 0 Å². The second-order valence-electron chi connectivity index (χ2n) is 1.89. The van der Waals surface area contributed by atoms with Gasteiger partial charge in [0, 0.05) is 6.20 Å². The number of H-pyrrole nitrogens is 1. The van der Waals surface area contributed by atoms with Gasteiger partial charge in [-0.1, -0.05) is 0 Å². The zero-order valence-corrected chi connectivity index (χ0v) is 5.60. The van der Waals surface area contributed by atoms with Crippen LogP contribution in [0, 0.1) is 0 Å². The van der Waals surface area contributed by atoms with E-state index >= 15 is 0 Å². The number of rotatable bonds is 1. The molecule has 0 spiro atoms. The van der Waals surface area contributed by atoms with Gasteiger partial charge in [0.25, 0.3) is 0 Å². The van der Waals surface area contributed by atoms with E-state index in [-0.39, 0.29) is 0 Å². The lowest BCUT2D eigenvalue weighted by Crippen LogP contribution is -2.31. The molecule has 6 heteroatoms. The quantitative estimate of drug-likeness (QED) is 0.573. The van der Waals surface area contributed by atoms with Crippen LogP contribution >= 0.6 is 0 Å². The van der Waals surface area contributed by atoms with Crippen LogP contribution in [0.2, 0.25) is 0 Å². The summed E-state index contributed by atoms with van der Waals surface area (Å²) in [5, 5.41) is 15.4. The molecule has 0 aromatic carbocycles. The van der Waals surface area contributed by atoms with Gasteiger partial charge in [-0.05, 0) is 6.08 Å². The molecule has 0 saturated heterocycles. The normalized spacial score (nSPS) is 15.1. The lowest BCUT2D eigenvalue weighted by Gasteiger charge is -2.15. The number of hydrazone groups is 1. The summed E-state index contributed by atoms with van der Waals surface area (Å²) in [6, 6.07) is 0. The van der Waals surface area contributed by atoms with Gasteiger partial charge >= 0.3 is 0 Å². The summed E-state index contributed by atoms with van der Waals surface area (Å²) < 4.78 is 0. The summed E-state index contributed by atoms with van der Waals surface area (Å²) in [6.45, 7) is 0. The van der Waals surface area contributed by atoms with Crippen molar-refractivity contribution in [2.24, 2.45) is 5.10 Å². The Kier molecular flexibility index (Phi) is 1.29. The van der Waals surface area contributed by atoms with Crippen molar-refractivity contribution in [2.45, 2.75) is 0 Å². The summed E-state index contributed by atoms with van der Waals surface area (Å²) >= 11 is 0. The number of anilines is 1. The molecule has 2 heterocycles. The van der Waals surface area contributed by atoms with Crippen molar-refractivity contribution in [1.82, 2.24) is 20.8 Å². The molecule has 0 unspecified atom stereocenters. The minimum atomic E-state index is 0.630. The summed E-state index contributed by atoms with van der Waals surface area (Å²) in [6.07, 6.45) is 6.77. The molecule has 2 N–H and O–H groups in total.